The van der Waals surface area contributed by atoms with Gasteiger partial charge in [0.15, 0.2) is 0 Å². The van der Waals surface area contributed by atoms with Crippen LogP contribution in [0.25, 0.3) is 0 Å². The van der Waals surface area contributed by atoms with Crippen LogP contribution in [0.4, 0.5) is 0 Å². The number of benzene rings is 3. The van der Waals surface area contributed by atoms with E-state index in [9.17, 15) is 5.11 Å². The number of allylic oxidation sites excluding steroid dienone is 2. The van der Waals surface area contributed by atoms with Gasteiger partial charge in [-0.05, 0) is 47.4 Å². The van der Waals surface area contributed by atoms with Gasteiger partial charge in [-0.1, -0.05) is 72.8 Å². The van der Waals surface area contributed by atoms with E-state index in [4.69, 9.17) is 4.74 Å². The number of phenols is 1. The lowest BCUT2D eigenvalue weighted by molar-refractivity contribution is 0.404. The first-order chi connectivity index (χ1) is 15.2. The van der Waals surface area contributed by atoms with Gasteiger partial charge in [-0.3, -0.25) is 0 Å². The number of phenolic OH excluding ortho intramolecular Hbond substituents is 1. The van der Waals surface area contributed by atoms with Crippen LogP contribution >= 0.6 is 0 Å². The van der Waals surface area contributed by atoms with E-state index in [1.807, 2.05) is 30.3 Å². The maximum absolute atomic E-state index is 10.0. The highest BCUT2D eigenvalue weighted by atomic mass is 16.5. The van der Waals surface area contributed by atoms with Crippen LogP contribution in [0, 0.1) is 0 Å². The summed E-state index contributed by atoms with van der Waals surface area (Å²) in [7, 11) is 1.72. The van der Waals surface area contributed by atoms with Gasteiger partial charge in [-0.2, -0.15) is 0 Å². The van der Waals surface area contributed by atoms with E-state index in [0.717, 1.165) is 41.0 Å². The van der Waals surface area contributed by atoms with Gasteiger partial charge in [0.25, 0.3) is 0 Å². The lowest BCUT2D eigenvalue weighted by atomic mass is 9.67. The normalized spacial score (nSPS) is 14.6. The maximum Gasteiger partial charge on any atom is 0.123 e. The molecule has 5 rings (SSSR count). The summed E-state index contributed by atoms with van der Waals surface area (Å²) in [5.41, 5.74) is 6.31. The highest BCUT2D eigenvalue weighted by Gasteiger charge is 2.42. The van der Waals surface area contributed by atoms with Gasteiger partial charge < -0.3 is 14.8 Å². The monoisotopic (exact) mass is 407 g/mol. The number of aromatic amines is 1. The van der Waals surface area contributed by atoms with Crippen molar-refractivity contribution in [3.8, 4) is 11.5 Å². The molecule has 0 radical (unpaired) electrons. The Morgan fingerprint density at radius 2 is 1.48 bits per heavy atom. The van der Waals surface area contributed by atoms with Crippen molar-refractivity contribution >= 4 is 0 Å². The molecule has 154 valence electrons. The molecule has 3 nitrogen and oxygen atoms in total. The second-order valence-electron chi connectivity index (χ2n) is 7.93. The highest BCUT2D eigenvalue weighted by molar-refractivity contribution is 5.63. The molecule has 4 aromatic rings. The SMILES string of the molecule is COc1ccccc1C(c1ccccc1)(c1ccc(O)cc1)c1cc2c([nH]1)CC=CC2. The number of nitrogens with one attached hydrogen (secondary N) is 1. The van der Waals surface area contributed by atoms with E-state index in [1.54, 1.807) is 19.2 Å². The molecule has 2 N–H and O–H groups in total. The smallest absolute Gasteiger partial charge is 0.123 e. The summed E-state index contributed by atoms with van der Waals surface area (Å²) in [6.45, 7) is 0. The molecule has 1 unspecified atom stereocenters. The van der Waals surface area contributed by atoms with Crippen LogP contribution in [0.15, 0.2) is 97.1 Å². The summed E-state index contributed by atoms with van der Waals surface area (Å²) < 4.78 is 5.87. The Balaban J connectivity index is 1.90. The summed E-state index contributed by atoms with van der Waals surface area (Å²) >= 11 is 0. The molecule has 3 aromatic carbocycles. The quantitative estimate of drug-likeness (QED) is 0.326. The summed E-state index contributed by atoms with van der Waals surface area (Å²) in [5.74, 6) is 1.07. The average Bonchev–Trinajstić information content (AvgIpc) is 3.26. The number of aromatic hydroxyl groups is 1. The lowest BCUT2D eigenvalue weighted by Crippen LogP contribution is -2.32. The van der Waals surface area contributed by atoms with E-state index in [2.05, 4.69) is 59.6 Å². The number of aromatic nitrogens is 1. The summed E-state index contributed by atoms with van der Waals surface area (Å²) in [4.78, 5) is 3.77. The molecule has 31 heavy (non-hydrogen) atoms. The fourth-order valence-electron chi connectivity index (χ4n) is 4.81. The predicted octanol–water partition coefficient (Wildman–Crippen LogP) is 5.77. The van der Waals surface area contributed by atoms with Gasteiger partial charge >= 0.3 is 0 Å². The third kappa shape index (κ3) is 3.14. The fourth-order valence-corrected chi connectivity index (χ4v) is 4.81. The number of rotatable bonds is 5. The van der Waals surface area contributed by atoms with Crippen LogP contribution in [0.2, 0.25) is 0 Å². The molecule has 1 aliphatic rings. The van der Waals surface area contributed by atoms with Gasteiger partial charge in [0, 0.05) is 23.4 Å². The molecule has 0 saturated heterocycles. The molecule has 0 saturated carbocycles. The second kappa shape index (κ2) is 7.84. The molecule has 0 amide bonds. The van der Waals surface area contributed by atoms with Crippen molar-refractivity contribution in [3.63, 3.8) is 0 Å². The van der Waals surface area contributed by atoms with Gasteiger partial charge in [-0.15, -0.1) is 0 Å². The van der Waals surface area contributed by atoms with Crippen molar-refractivity contribution in [2.45, 2.75) is 18.3 Å². The van der Waals surface area contributed by atoms with Crippen LogP contribution in [-0.2, 0) is 18.3 Å². The second-order valence-corrected chi connectivity index (χ2v) is 7.93. The number of hydrogen-bond acceptors (Lipinski definition) is 2. The number of ether oxygens (including phenoxy) is 1. The number of fused-ring (bicyclic) bond motifs is 1. The number of hydrogen-bond donors (Lipinski definition) is 2. The molecule has 1 atom stereocenters. The van der Waals surface area contributed by atoms with Crippen molar-refractivity contribution in [2.24, 2.45) is 0 Å². The van der Waals surface area contributed by atoms with Crippen LogP contribution < -0.4 is 4.74 Å². The molecule has 1 aliphatic carbocycles. The van der Waals surface area contributed by atoms with Crippen LogP contribution in [0.1, 0.15) is 33.6 Å². The summed E-state index contributed by atoms with van der Waals surface area (Å²) in [6.07, 6.45) is 6.28. The summed E-state index contributed by atoms with van der Waals surface area (Å²) in [6, 6.07) is 28.5. The van der Waals surface area contributed by atoms with E-state index >= 15 is 0 Å². The van der Waals surface area contributed by atoms with E-state index in [1.165, 1.54) is 11.3 Å². The van der Waals surface area contributed by atoms with Gasteiger partial charge in [0.1, 0.15) is 11.5 Å². The van der Waals surface area contributed by atoms with Crippen LogP contribution in [-0.4, -0.2) is 17.2 Å². The van der Waals surface area contributed by atoms with Gasteiger partial charge in [0.05, 0.1) is 12.5 Å². The van der Waals surface area contributed by atoms with Crippen molar-refractivity contribution in [1.82, 2.24) is 4.98 Å². The minimum atomic E-state index is -0.626. The van der Waals surface area contributed by atoms with Crippen LogP contribution in [0.5, 0.6) is 11.5 Å². The Morgan fingerprint density at radius 1 is 0.806 bits per heavy atom. The van der Waals surface area contributed by atoms with Crippen molar-refractivity contribution < 1.29 is 9.84 Å². The lowest BCUT2D eigenvalue weighted by Gasteiger charge is -2.36. The zero-order valence-corrected chi connectivity index (χ0v) is 17.5. The molecular formula is C28H25NO2. The Bertz CT molecular complexity index is 1200. The molecule has 1 aromatic heterocycles. The molecule has 0 bridgehead atoms. The Labute approximate surface area is 182 Å². The number of para-hydroxylation sites is 1. The average molecular weight is 408 g/mol. The van der Waals surface area contributed by atoms with Crippen molar-refractivity contribution in [3.05, 3.63) is 131 Å². The first-order valence-corrected chi connectivity index (χ1v) is 10.6. The summed E-state index contributed by atoms with van der Waals surface area (Å²) in [5, 5.41) is 10.0. The van der Waals surface area contributed by atoms with Gasteiger partial charge in [0.2, 0.25) is 0 Å². The van der Waals surface area contributed by atoms with E-state index in [0.29, 0.717) is 0 Å². The third-order valence-electron chi connectivity index (χ3n) is 6.24. The van der Waals surface area contributed by atoms with Crippen LogP contribution in [0.3, 0.4) is 0 Å². The number of methoxy groups -OCH3 is 1. The standard InChI is InChI=1S/C28H25NO2/c1-31-26-14-8-6-12-24(26)28(21-10-3-2-4-11-21,22-15-17-23(30)18-16-22)27-19-20-9-5-7-13-25(20)29-27/h2-8,10-12,14-19,29-30H,9,13H2,1H3. The fraction of sp³-hybridized carbons (Fsp3) is 0.143. The van der Waals surface area contributed by atoms with Crippen molar-refractivity contribution in [2.75, 3.05) is 7.11 Å². The molecule has 0 spiro atoms. The molecule has 0 fully saturated rings. The zero-order chi connectivity index (χ0) is 21.3. The predicted molar refractivity (Wildman–Crippen MR) is 124 cm³/mol. The topological polar surface area (TPSA) is 45.2 Å². The Hall–Kier alpha value is -3.72. The third-order valence-corrected chi connectivity index (χ3v) is 6.24. The minimum absolute atomic E-state index is 0.251. The molecule has 3 heteroatoms. The Kier molecular flexibility index (Phi) is 4.87. The highest BCUT2D eigenvalue weighted by Crippen LogP contribution is 2.48. The minimum Gasteiger partial charge on any atom is -0.508 e. The first kappa shape index (κ1) is 19.3. The van der Waals surface area contributed by atoms with E-state index in [-0.39, 0.29) is 5.75 Å². The Morgan fingerprint density at radius 3 is 2.23 bits per heavy atom. The van der Waals surface area contributed by atoms with Crippen molar-refractivity contribution in [1.29, 1.82) is 0 Å². The molecule has 1 heterocycles. The van der Waals surface area contributed by atoms with E-state index < -0.39 is 5.41 Å². The zero-order valence-electron chi connectivity index (χ0n) is 17.5. The number of H-pyrrole nitrogens is 1. The molecular weight excluding hydrogens is 382 g/mol. The maximum atomic E-state index is 10.0. The first-order valence-electron chi connectivity index (χ1n) is 10.6. The molecule has 0 aliphatic heterocycles. The van der Waals surface area contributed by atoms with Gasteiger partial charge in [-0.25, -0.2) is 0 Å². The largest absolute Gasteiger partial charge is 0.508 e.